The van der Waals surface area contributed by atoms with E-state index in [1.807, 2.05) is 6.92 Å². The van der Waals surface area contributed by atoms with Crippen LogP contribution < -0.4 is 5.32 Å². The number of ether oxygens (including phenoxy) is 1. The molecule has 3 unspecified atom stereocenters. The largest absolute Gasteiger partial charge is 0.454 e. The van der Waals surface area contributed by atoms with E-state index in [4.69, 9.17) is 4.74 Å². The smallest absolute Gasteiger partial charge is 0.325 e. The quantitative estimate of drug-likeness (QED) is 0.513. The number of aliphatic hydroxyl groups excluding tert-OH is 1. The Bertz CT molecular complexity index is 1080. The molecule has 2 saturated heterocycles. The van der Waals surface area contributed by atoms with Crippen molar-refractivity contribution < 1.29 is 36.3 Å². The zero-order valence-electron chi connectivity index (χ0n) is 17.3. The second-order valence-corrected chi connectivity index (χ2v) is 12.1. The van der Waals surface area contributed by atoms with Crippen LogP contribution in [0.1, 0.15) is 24.0 Å². The van der Waals surface area contributed by atoms with Gasteiger partial charge in [0.1, 0.15) is 6.04 Å². The van der Waals surface area contributed by atoms with Gasteiger partial charge in [-0.25, -0.2) is 16.8 Å². The molecule has 12 heteroatoms. The van der Waals surface area contributed by atoms with Crippen LogP contribution in [0, 0.1) is 13.8 Å². The molecule has 2 aliphatic heterocycles. The first-order valence-corrected chi connectivity index (χ1v) is 13.1. The Hall–Kier alpha value is -2.02. The third kappa shape index (κ3) is 5.43. The maximum atomic E-state index is 13.1. The minimum absolute atomic E-state index is 0.00249. The number of sulfone groups is 1. The second kappa shape index (κ2) is 8.85. The average molecular weight is 475 g/mol. The van der Waals surface area contributed by atoms with Crippen LogP contribution in [0.15, 0.2) is 23.1 Å². The van der Waals surface area contributed by atoms with Gasteiger partial charge in [-0.1, -0.05) is 6.07 Å². The summed E-state index contributed by atoms with van der Waals surface area (Å²) in [5, 5.41) is 12.5. The Balaban J connectivity index is 1.65. The highest BCUT2D eigenvalue weighted by Crippen LogP contribution is 2.28. The van der Waals surface area contributed by atoms with Crippen molar-refractivity contribution >= 4 is 31.7 Å². The highest BCUT2D eigenvalue weighted by Gasteiger charge is 2.44. The van der Waals surface area contributed by atoms with Crippen LogP contribution in [0.25, 0.3) is 0 Å². The molecule has 2 fully saturated rings. The van der Waals surface area contributed by atoms with Crippen molar-refractivity contribution in [3.63, 3.8) is 0 Å². The van der Waals surface area contributed by atoms with E-state index in [1.165, 1.54) is 12.1 Å². The number of nitrogens with one attached hydrogen (secondary N) is 1. The average Bonchev–Trinajstić information content (AvgIpc) is 3.24. The molecule has 3 rings (SSSR count). The Kier molecular flexibility index (Phi) is 6.75. The monoisotopic (exact) mass is 474 g/mol. The summed E-state index contributed by atoms with van der Waals surface area (Å²) in [7, 11) is -7.24. The zero-order valence-corrected chi connectivity index (χ0v) is 18.9. The van der Waals surface area contributed by atoms with Crippen LogP contribution >= 0.6 is 0 Å². The lowest BCUT2D eigenvalue weighted by atomic mass is 10.1. The lowest BCUT2D eigenvalue weighted by molar-refractivity contribution is -0.151. The molecule has 0 bridgehead atoms. The van der Waals surface area contributed by atoms with Crippen molar-refractivity contribution in [3.8, 4) is 0 Å². The molecule has 0 saturated carbocycles. The van der Waals surface area contributed by atoms with E-state index in [-0.39, 0.29) is 29.4 Å². The van der Waals surface area contributed by atoms with Gasteiger partial charge in [0.2, 0.25) is 10.0 Å². The predicted octanol–water partition coefficient (Wildman–Crippen LogP) is -0.726. The number of amides is 1. The van der Waals surface area contributed by atoms with Crippen LogP contribution in [0.2, 0.25) is 0 Å². The molecule has 0 radical (unpaired) electrons. The summed E-state index contributed by atoms with van der Waals surface area (Å²) < 4.78 is 54.9. The van der Waals surface area contributed by atoms with Gasteiger partial charge in [-0.05, 0) is 43.5 Å². The molecule has 2 aliphatic rings. The number of aliphatic hydroxyl groups is 1. The van der Waals surface area contributed by atoms with Crippen LogP contribution in [0.4, 0.5) is 0 Å². The number of benzene rings is 1. The van der Waals surface area contributed by atoms with Gasteiger partial charge in [0.25, 0.3) is 5.91 Å². The first-order chi connectivity index (χ1) is 14.4. The van der Waals surface area contributed by atoms with Gasteiger partial charge in [0, 0.05) is 19.0 Å². The van der Waals surface area contributed by atoms with Gasteiger partial charge in [-0.2, -0.15) is 4.31 Å². The number of aryl methyl sites for hydroxylation is 2. The van der Waals surface area contributed by atoms with Gasteiger partial charge < -0.3 is 15.2 Å². The van der Waals surface area contributed by atoms with Gasteiger partial charge in [-0.15, -0.1) is 0 Å². The molecule has 0 spiro atoms. The Morgan fingerprint density at radius 3 is 2.58 bits per heavy atom. The minimum Gasteiger partial charge on any atom is -0.454 e. The molecule has 1 amide bonds. The van der Waals surface area contributed by atoms with Crippen molar-refractivity contribution in [3.05, 3.63) is 29.3 Å². The van der Waals surface area contributed by atoms with E-state index in [1.54, 1.807) is 13.0 Å². The summed E-state index contributed by atoms with van der Waals surface area (Å²) in [6, 6.07) is 2.80. The molecule has 0 aromatic heterocycles. The Morgan fingerprint density at radius 2 is 1.97 bits per heavy atom. The van der Waals surface area contributed by atoms with E-state index in [0.29, 0.717) is 6.42 Å². The number of β-amino-alcohol motifs (C(OH)–C–C–N with tert-alkyl or cyclic N) is 1. The minimum atomic E-state index is -4.07. The van der Waals surface area contributed by atoms with Crippen molar-refractivity contribution in [2.45, 2.75) is 49.8 Å². The normalized spacial score (nSPS) is 26.0. The fraction of sp³-hybridized carbons (Fsp3) is 0.579. The van der Waals surface area contributed by atoms with Gasteiger partial charge in [0.05, 0.1) is 22.5 Å². The molecule has 31 heavy (non-hydrogen) atoms. The number of rotatable bonds is 6. The molecule has 10 nitrogen and oxygen atoms in total. The fourth-order valence-corrected chi connectivity index (χ4v) is 7.07. The number of nitrogens with zero attached hydrogens (tertiary/aromatic N) is 1. The molecule has 1 aromatic carbocycles. The van der Waals surface area contributed by atoms with Crippen LogP contribution in [-0.2, 0) is 34.2 Å². The standard InChI is InChI=1S/C19H26N2O8S2/c1-12-3-4-16(7-13(12)2)31(27,28)21-9-15(22)8-17(21)19(24)29-10-18(23)20-14-5-6-30(25,26)11-14/h3-4,7,14-15,17,22H,5-6,8-11H2,1-2H3,(H,20,23). The molecule has 172 valence electrons. The maximum absolute atomic E-state index is 13.1. The maximum Gasteiger partial charge on any atom is 0.325 e. The summed E-state index contributed by atoms with van der Waals surface area (Å²) >= 11 is 0. The highest BCUT2D eigenvalue weighted by atomic mass is 32.2. The van der Waals surface area contributed by atoms with Gasteiger partial charge in [0.15, 0.2) is 16.4 Å². The van der Waals surface area contributed by atoms with E-state index < -0.39 is 56.5 Å². The topological polar surface area (TPSA) is 147 Å². The zero-order chi connectivity index (χ0) is 23.0. The number of carbonyl (C=O) groups is 2. The van der Waals surface area contributed by atoms with E-state index >= 15 is 0 Å². The number of esters is 1. The van der Waals surface area contributed by atoms with Gasteiger partial charge in [-0.3, -0.25) is 9.59 Å². The Labute approximate surface area is 181 Å². The first-order valence-electron chi connectivity index (χ1n) is 9.82. The summed E-state index contributed by atoms with van der Waals surface area (Å²) in [6.07, 6.45) is -0.902. The summed E-state index contributed by atoms with van der Waals surface area (Å²) in [5.74, 6) is -1.79. The number of carbonyl (C=O) groups excluding carboxylic acids is 2. The SMILES string of the molecule is Cc1ccc(S(=O)(=O)N2CC(O)CC2C(=O)OCC(=O)NC2CCS(=O)(=O)C2)cc1C. The Morgan fingerprint density at radius 1 is 1.26 bits per heavy atom. The van der Waals surface area contributed by atoms with E-state index in [2.05, 4.69) is 5.32 Å². The summed E-state index contributed by atoms with van der Waals surface area (Å²) in [4.78, 5) is 24.5. The molecule has 0 aliphatic carbocycles. The van der Waals surface area contributed by atoms with E-state index in [0.717, 1.165) is 15.4 Å². The summed E-state index contributed by atoms with van der Waals surface area (Å²) in [5.41, 5.74) is 1.68. The van der Waals surface area contributed by atoms with E-state index in [9.17, 15) is 31.5 Å². The molecular weight excluding hydrogens is 448 g/mol. The number of hydrogen-bond donors (Lipinski definition) is 2. The molecular formula is C19H26N2O8S2. The van der Waals surface area contributed by atoms with Crippen molar-refractivity contribution in [2.24, 2.45) is 0 Å². The third-order valence-electron chi connectivity index (χ3n) is 5.53. The third-order valence-corrected chi connectivity index (χ3v) is 9.17. The molecule has 3 atom stereocenters. The van der Waals surface area contributed by atoms with Crippen molar-refractivity contribution in [1.29, 1.82) is 0 Å². The molecule has 2 heterocycles. The molecule has 2 N–H and O–H groups in total. The van der Waals surface area contributed by atoms with Crippen molar-refractivity contribution in [1.82, 2.24) is 9.62 Å². The van der Waals surface area contributed by atoms with Gasteiger partial charge >= 0.3 is 5.97 Å². The fourth-order valence-electron chi connectivity index (χ4n) is 3.69. The van der Waals surface area contributed by atoms with Crippen LogP contribution in [-0.4, -0.2) is 81.0 Å². The van der Waals surface area contributed by atoms with Crippen LogP contribution in [0.5, 0.6) is 0 Å². The highest BCUT2D eigenvalue weighted by molar-refractivity contribution is 7.91. The molecule has 1 aromatic rings. The van der Waals surface area contributed by atoms with Crippen LogP contribution in [0.3, 0.4) is 0 Å². The first kappa shape index (κ1) is 23.6. The number of sulfonamides is 1. The number of hydrogen-bond acceptors (Lipinski definition) is 8. The lowest BCUT2D eigenvalue weighted by Crippen LogP contribution is -2.43. The lowest BCUT2D eigenvalue weighted by Gasteiger charge is -2.23. The second-order valence-electron chi connectivity index (χ2n) is 8.00. The summed E-state index contributed by atoms with van der Waals surface area (Å²) in [6.45, 7) is 2.69. The predicted molar refractivity (Wildman–Crippen MR) is 110 cm³/mol. The van der Waals surface area contributed by atoms with Crippen molar-refractivity contribution in [2.75, 3.05) is 24.7 Å².